The van der Waals surface area contributed by atoms with Gasteiger partial charge in [0.25, 0.3) is 0 Å². The minimum absolute atomic E-state index is 0.161. The molecular formula is C22H31N3O3. The summed E-state index contributed by atoms with van der Waals surface area (Å²) < 4.78 is 11.4. The monoisotopic (exact) mass is 385 g/mol. The standard InChI is InChI=1S/C22H31N3O3/c1-27-21-6-5-16(9-24-10-17(8-23)11-24)7-22(21)28-15-20(26)14-25-12-18-3-2-4-19(18)13-25/h5-7,17-20,26H,2-4,9-15H2,1H3/t18-,19+,20?. The summed E-state index contributed by atoms with van der Waals surface area (Å²) in [5.41, 5.74) is 1.13. The molecule has 3 atom stereocenters. The predicted molar refractivity (Wildman–Crippen MR) is 106 cm³/mol. The molecule has 0 aromatic heterocycles. The molecule has 2 saturated heterocycles. The minimum atomic E-state index is -0.501. The van der Waals surface area contributed by atoms with Crippen LogP contribution in [0, 0.1) is 29.1 Å². The fraction of sp³-hybridized carbons (Fsp3) is 0.682. The van der Waals surface area contributed by atoms with E-state index in [1.54, 1.807) is 7.11 Å². The molecule has 4 rings (SSSR count). The van der Waals surface area contributed by atoms with Crippen molar-refractivity contribution >= 4 is 0 Å². The number of nitriles is 1. The summed E-state index contributed by atoms with van der Waals surface area (Å²) in [6.07, 6.45) is 3.58. The van der Waals surface area contributed by atoms with Gasteiger partial charge in [-0.15, -0.1) is 0 Å². The van der Waals surface area contributed by atoms with E-state index in [1.807, 2.05) is 18.2 Å². The number of benzene rings is 1. The van der Waals surface area contributed by atoms with Gasteiger partial charge in [-0.3, -0.25) is 4.90 Å². The number of β-amino-alcohol motifs (C(OH)–C–C–N with tert-alkyl or cyclic N) is 1. The highest BCUT2D eigenvalue weighted by Gasteiger charge is 2.36. The predicted octanol–water partition coefficient (Wildman–Crippen LogP) is 2.12. The van der Waals surface area contributed by atoms with E-state index >= 15 is 0 Å². The number of nitrogens with zero attached hydrogens (tertiary/aromatic N) is 3. The van der Waals surface area contributed by atoms with Gasteiger partial charge < -0.3 is 19.5 Å². The normalized spacial score (nSPS) is 26.5. The Labute approximate surface area is 167 Å². The van der Waals surface area contributed by atoms with E-state index in [-0.39, 0.29) is 12.5 Å². The van der Waals surface area contributed by atoms with Crippen LogP contribution in [0.1, 0.15) is 24.8 Å². The maximum atomic E-state index is 10.5. The fourth-order valence-electron chi connectivity index (χ4n) is 4.99. The summed E-state index contributed by atoms with van der Waals surface area (Å²) in [6.45, 7) is 5.66. The van der Waals surface area contributed by atoms with Gasteiger partial charge >= 0.3 is 0 Å². The van der Waals surface area contributed by atoms with E-state index < -0.39 is 6.10 Å². The van der Waals surface area contributed by atoms with Crippen LogP contribution < -0.4 is 9.47 Å². The largest absolute Gasteiger partial charge is 0.493 e. The third-order valence-electron chi connectivity index (χ3n) is 6.48. The zero-order chi connectivity index (χ0) is 19.5. The van der Waals surface area contributed by atoms with Gasteiger partial charge in [-0.2, -0.15) is 5.26 Å². The Balaban J connectivity index is 1.28. The van der Waals surface area contributed by atoms with Gasteiger partial charge in [0, 0.05) is 39.3 Å². The number of methoxy groups -OCH3 is 1. The molecule has 1 N–H and O–H groups in total. The lowest BCUT2D eigenvalue weighted by molar-refractivity contribution is 0.0721. The molecule has 0 bridgehead atoms. The second-order valence-electron chi connectivity index (χ2n) is 8.64. The molecule has 6 nitrogen and oxygen atoms in total. The Morgan fingerprint density at radius 1 is 1.14 bits per heavy atom. The van der Waals surface area contributed by atoms with Crippen LogP contribution >= 0.6 is 0 Å². The van der Waals surface area contributed by atoms with Crippen LogP contribution in [0.5, 0.6) is 11.5 Å². The van der Waals surface area contributed by atoms with Gasteiger partial charge in [-0.25, -0.2) is 0 Å². The summed E-state index contributed by atoms with van der Waals surface area (Å²) in [5.74, 6) is 3.20. The maximum absolute atomic E-state index is 10.5. The average Bonchev–Trinajstić information content (AvgIpc) is 3.24. The Morgan fingerprint density at radius 3 is 2.57 bits per heavy atom. The lowest BCUT2D eigenvalue weighted by Gasteiger charge is -2.35. The zero-order valence-corrected chi connectivity index (χ0v) is 16.7. The first-order valence-corrected chi connectivity index (χ1v) is 10.5. The van der Waals surface area contributed by atoms with Crippen molar-refractivity contribution < 1.29 is 14.6 Å². The number of ether oxygens (including phenoxy) is 2. The van der Waals surface area contributed by atoms with Crippen molar-refractivity contribution in [2.75, 3.05) is 46.4 Å². The molecule has 3 aliphatic rings. The van der Waals surface area contributed by atoms with E-state index in [9.17, 15) is 5.11 Å². The molecular weight excluding hydrogens is 354 g/mol. The van der Waals surface area contributed by atoms with Crippen molar-refractivity contribution in [2.45, 2.75) is 31.9 Å². The van der Waals surface area contributed by atoms with Crippen LogP contribution in [-0.4, -0.2) is 67.5 Å². The van der Waals surface area contributed by atoms with Gasteiger partial charge in [0.15, 0.2) is 11.5 Å². The van der Waals surface area contributed by atoms with E-state index in [4.69, 9.17) is 14.7 Å². The quantitative estimate of drug-likeness (QED) is 0.739. The number of aliphatic hydroxyl groups excluding tert-OH is 1. The molecule has 1 aromatic carbocycles. The summed E-state index contributed by atoms with van der Waals surface area (Å²) >= 11 is 0. The number of fused-ring (bicyclic) bond motifs is 1. The number of hydrogen-bond acceptors (Lipinski definition) is 6. The number of likely N-dealkylation sites (tertiary alicyclic amines) is 2. The van der Waals surface area contributed by atoms with Crippen molar-refractivity contribution in [1.82, 2.24) is 9.80 Å². The second-order valence-corrected chi connectivity index (χ2v) is 8.64. The van der Waals surface area contributed by atoms with Gasteiger partial charge in [-0.1, -0.05) is 12.5 Å². The molecule has 2 heterocycles. The van der Waals surface area contributed by atoms with Crippen molar-refractivity contribution in [3.05, 3.63) is 23.8 Å². The van der Waals surface area contributed by atoms with E-state index in [1.165, 1.54) is 19.3 Å². The van der Waals surface area contributed by atoms with Gasteiger partial charge in [0.1, 0.15) is 12.7 Å². The highest BCUT2D eigenvalue weighted by atomic mass is 16.5. The van der Waals surface area contributed by atoms with E-state index in [0.717, 1.165) is 50.1 Å². The third kappa shape index (κ3) is 4.43. The smallest absolute Gasteiger partial charge is 0.161 e. The number of aliphatic hydroxyl groups is 1. The van der Waals surface area contributed by atoms with Crippen molar-refractivity contribution in [3.8, 4) is 17.6 Å². The highest BCUT2D eigenvalue weighted by molar-refractivity contribution is 5.43. The third-order valence-corrected chi connectivity index (χ3v) is 6.48. The molecule has 6 heteroatoms. The van der Waals surface area contributed by atoms with Crippen LogP contribution in [0.25, 0.3) is 0 Å². The van der Waals surface area contributed by atoms with Gasteiger partial charge in [0.2, 0.25) is 0 Å². The summed E-state index contributed by atoms with van der Waals surface area (Å²) in [6, 6.07) is 8.24. The summed E-state index contributed by atoms with van der Waals surface area (Å²) in [4.78, 5) is 4.64. The second kappa shape index (κ2) is 8.69. The Hall–Kier alpha value is -1.81. The Bertz CT molecular complexity index is 701. The Morgan fingerprint density at radius 2 is 1.89 bits per heavy atom. The van der Waals surface area contributed by atoms with Crippen LogP contribution in [0.2, 0.25) is 0 Å². The van der Waals surface area contributed by atoms with Crippen molar-refractivity contribution in [3.63, 3.8) is 0 Å². The van der Waals surface area contributed by atoms with Crippen LogP contribution in [0.3, 0.4) is 0 Å². The molecule has 152 valence electrons. The molecule has 1 unspecified atom stereocenters. The molecule has 28 heavy (non-hydrogen) atoms. The lowest BCUT2D eigenvalue weighted by atomic mass is 10.0. The maximum Gasteiger partial charge on any atom is 0.161 e. The minimum Gasteiger partial charge on any atom is -0.493 e. The molecule has 1 aromatic rings. The molecule has 3 fully saturated rings. The first-order chi connectivity index (χ1) is 13.6. The highest BCUT2D eigenvalue weighted by Crippen LogP contribution is 2.37. The molecule has 2 aliphatic heterocycles. The van der Waals surface area contributed by atoms with Gasteiger partial charge in [0.05, 0.1) is 19.1 Å². The average molecular weight is 386 g/mol. The molecule has 1 saturated carbocycles. The van der Waals surface area contributed by atoms with Crippen molar-refractivity contribution in [1.29, 1.82) is 5.26 Å². The molecule has 0 spiro atoms. The first kappa shape index (κ1) is 19.5. The Kier molecular flexibility index (Phi) is 6.05. The molecule has 1 aliphatic carbocycles. The van der Waals surface area contributed by atoms with Crippen molar-refractivity contribution in [2.24, 2.45) is 17.8 Å². The van der Waals surface area contributed by atoms with Crippen LogP contribution in [0.15, 0.2) is 18.2 Å². The molecule has 0 amide bonds. The molecule has 0 radical (unpaired) electrons. The first-order valence-electron chi connectivity index (χ1n) is 10.5. The lowest BCUT2D eigenvalue weighted by Crippen LogP contribution is -2.45. The van der Waals surface area contributed by atoms with Crippen LogP contribution in [0.4, 0.5) is 0 Å². The zero-order valence-electron chi connectivity index (χ0n) is 16.7. The van der Waals surface area contributed by atoms with E-state index in [0.29, 0.717) is 18.0 Å². The number of hydrogen-bond donors (Lipinski definition) is 1. The fourth-order valence-corrected chi connectivity index (χ4v) is 4.99. The van der Waals surface area contributed by atoms with E-state index in [2.05, 4.69) is 15.9 Å². The number of rotatable bonds is 8. The van der Waals surface area contributed by atoms with Crippen LogP contribution in [-0.2, 0) is 6.54 Å². The van der Waals surface area contributed by atoms with Gasteiger partial charge in [-0.05, 0) is 42.4 Å². The summed E-state index contributed by atoms with van der Waals surface area (Å²) in [7, 11) is 1.63. The topological polar surface area (TPSA) is 69.0 Å². The summed E-state index contributed by atoms with van der Waals surface area (Å²) in [5, 5.41) is 19.4. The SMILES string of the molecule is COc1ccc(CN2CC(C#N)C2)cc1OCC(O)CN1C[C@H]2CCC[C@H]2C1.